The average Bonchev–Trinajstić information content (AvgIpc) is 2.85. The lowest BCUT2D eigenvalue weighted by Crippen LogP contribution is -2.47. The number of nitrogens with one attached hydrogen (secondary N) is 1. The zero-order valence-corrected chi connectivity index (χ0v) is 18.7. The van der Waals surface area contributed by atoms with Crippen molar-refractivity contribution in [1.82, 2.24) is 20.1 Å². The summed E-state index contributed by atoms with van der Waals surface area (Å²) in [5, 5.41) is 12.3. The molecule has 33 heavy (non-hydrogen) atoms. The van der Waals surface area contributed by atoms with Crippen molar-refractivity contribution in [3.8, 4) is 16.9 Å². The Labute approximate surface area is 193 Å². The number of phenols is 1. The van der Waals surface area contributed by atoms with E-state index < -0.39 is 0 Å². The summed E-state index contributed by atoms with van der Waals surface area (Å²) in [6.07, 6.45) is 3.93. The van der Waals surface area contributed by atoms with Crippen LogP contribution in [0.15, 0.2) is 67.0 Å². The molecular formula is C26H28N4O3. The third kappa shape index (κ3) is 5.75. The number of aromatic nitrogens is 1. The SMILES string of the molecule is CN1CCN(C(=O)c2ccc(-c3cncc(C(=O)NCCc4ccc(O)cc4)c3)cc2)CC1. The fourth-order valence-corrected chi connectivity index (χ4v) is 3.80. The fraction of sp³-hybridized carbons (Fsp3) is 0.269. The summed E-state index contributed by atoms with van der Waals surface area (Å²) in [6, 6.07) is 16.2. The Morgan fingerprint density at radius 1 is 0.909 bits per heavy atom. The molecule has 2 aromatic carbocycles. The third-order valence-corrected chi connectivity index (χ3v) is 5.89. The number of benzene rings is 2. The first-order chi connectivity index (χ1) is 16.0. The van der Waals surface area contributed by atoms with Crippen LogP contribution >= 0.6 is 0 Å². The number of hydrogen-bond acceptors (Lipinski definition) is 5. The maximum absolute atomic E-state index is 12.7. The molecule has 0 atom stereocenters. The van der Waals surface area contributed by atoms with Gasteiger partial charge in [-0.05, 0) is 54.9 Å². The molecule has 1 fully saturated rings. The number of pyridine rings is 1. The van der Waals surface area contributed by atoms with Crippen LogP contribution in [0.5, 0.6) is 5.75 Å². The van der Waals surface area contributed by atoms with Crippen molar-refractivity contribution in [2.24, 2.45) is 0 Å². The van der Waals surface area contributed by atoms with E-state index in [4.69, 9.17) is 0 Å². The van der Waals surface area contributed by atoms with E-state index in [1.165, 1.54) is 0 Å². The average molecular weight is 445 g/mol. The van der Waals surface area contributed by atoms with E-state index in [9.17, 15) is 14.7 Å². The molecule has 0 bridgehead atoms. The van der Waals surface area contributed by atoms with Crippen molar-refractivity contribution in [2.75, 3.05) is 39.8 Å². The van der Waals surface area contributed by atoms with Gasteiger partial charge in [0, 0.05) is 56.2 Å². The van der Waals surface area contributed by atoms with E-state index >= 15 is 0 Å². The van der Waals surface area contributed by atoms with Crippen molar-refractivity contribution in [3.05, 3.63) is 83.7 Å². The van der Waals surface area contributed by atoms with Crippen LogP contribution < -0.4 is 5.32 Å². The van der Waals surface area contributed by atoms with Gasteiger partial charge >= 0.3 is 0 Å². The van der Waals surface area contributed by atoms with Crippen LogP contribution in [0.2, 0.25) is 0 Å². The van der Waals surface area contributed by atoms with Gasteiger partial charge in [0.2, 0.25) is 0 Å². The number of amides is 2. The minimum Gasteiger partial charge on any atom is -0.508 e. The molecule has 170 valence electrons. The molecule has 1 aliphatic rings. The zero-order chi connectivity index (χ0) is 23.2. The second-order valence-corrected chi connectivity index (χ2v) is 8.31. The summed E-state index contributed by atoms with van der Waals surface area (Å²) in [5.41, 5.74) is 3.90. The van der Waals surface area contributed by atoms with Gasteiger partial charge in [-0.1, -0.05) is 24.3 Å². The number of rotatable bonds is 6. The molecule has 0 spiro atoms. The lowest BCUT2D eigenvalue weighted by molar-refractivity contribution is 0.0664. The molecule has 0 unspecified atom stereocenters. The predicted molar refractivity (Wildman–Crippen MR) is 127 cm³/mol. The van der Waals surface area contributed by atoms with Gasteiger partial charge in [0.15, 0.2) is 0 Å². The molecule has 0 aliphatic carbocycles. The lowest BCUT2D eigenvalue weighted by Gasteiger charge is -2.32. The van der Waals surface area contributed by atoms with Gasteiger partial charge < -0.3 is 20.2 Å². The van der Waals surface area contributed by atoms with Gasteiger partial charge in [0.25, 0.3) is 11.8 Å². The molecule has 0 saturated carbocycles. The molecule has 2 N–H and O–H groups in total. The molecule has 1 aromatic heterocycles. The Morgan fingerprint density at radius 3 is 2.30 bits per heavy atom. The third-order valence-electron chi connectivity index (χ3n) is 5.89. The summed E-state index contributed by atoms with van der Waals surface area (Å²) in [5.74, 6) is 0.0851. The molecule has 2 heterocycles. The molecule has 7 heteroatoms. The van der Waals surface area contributed by atoms with E-state index in [2.05, 4.69) is 22.2 Å². The maximum Gasteiger partial charge on any atom is 0.253 e. The van der Waals surface area contributed by atoms with Crippen molar-refractivity contribution >= 4 is 11.8 Å². The Hall–Kier alpha value is -3.71. The van der Waals surface area contributed by atoms with Crippen LogP contribution in [-0.2, 0) is 6.42 Å². The summed E-state index contributed by atoms with van der Waals surface area (Å²) in [7, 11) is 2.06. The van der Waals surface area contributed by atoms with Gasteiger partial charge in [-0.25, -0.2) is 0 Å². The van der Waals surface area contributed by atoms with E-state index in [1.807, 2.05) is 41.3 Å². The fourth-order valence-electron chi connectivity index (χ4n) is 3.80. The van der Waals surface area contributed by atoms with Gasteiger partial charge in [0.05, 0.1) is 5.56 Å². The molecule has 0 radical (unpaired) electrons. The number of nitrogens with zero attached hydrogens (tertiary/aromatic N) is 3. The molecule has 2 amide bonds. The summed E-state index contributed by atoms with van der Waals surface area (Å²) < 4.78 is 0. The summed E-state index contributed by atoms with van der Waals surface area (Å²) in [4.78, 5) is 33.7. The van der Waals surface area contributed by atoms with Crippen LogP contribution in [0.25, 0.3) is 11.1 Å². The highest BCUT2D eigenvalue weighted by atomic mass is 16.3. The van der Waals surface area contributed by atoms with Gasteiger partial charge in [0.1, 0.15) is 5.75 Å². The number of hydrogen-bond donors (Lipinski definition) is 2. The number of aromatic hydroxyl groups is 1. The van der Waals surface area contributed by atoms with Crippen molar-refractivity contribution in [1.29, 1.82) is 0 Å². The van der Waals surface area contributed by atoms with Crippen LogP contribution in [0, 0.1) is 0 Å². The monoisotopic (exact) mass is 444 g/mol. The zero-order valence-electron chi connectivity index (χ0n) is 18.7. The molecule has 7 nitrogen and oxygen atoms in total. The van der Waals surface area contributed by atoms with Gasteiger partial charge in [-0.3, -0.25) is 14.6 Å². The van der Waals surface area contributed by atoms with Crippen molar-refractivity contribution in [3.63, 3.8) is 0 Å². The molecular weight excluding hydrogens is 416 g/mol. The minimum absolute atomic E-state index is 0.0505. The molecule has 1 aliphatic heterocycles. The Morgan fingerprint density at radius 2 is 1.61 bits per heavy atom. The second-order valence-electron chi connectivity index (χ2n) is 8.31. The number of likely N-dealkylation sites (N-methyl/N-ethyl adjacent to an activating group) is 1. The van der Waals surface area contributed by atoms with Crippen LogP contribution in [-0.4, -0.2) is 71.5 Å². The Balaban J connectivity index is 1.37. The van der Waals surface area contributed by atoms with Crippen LogP contribution in [0.4, 0.5) is 0 Å². The number of carbonyl (C=O) groups is 2. The van der Waals surface area contributed by atoms with Crippen LogP contribution in [0.3, 0.4) is 0 Å². The standard InChI is InChI=1S/C26H28N4O3/c1-29-12-14-30(15-13-29)26(33)21-6-4-20(5-7-21)22-16-23(18-27-17-22)25(32)28-11-10-19-2-8-24(31)9-3-19/h2-9,16-18,31H,10-15H2,1H3,(H,28,32). The first-order valence-electron chi connectivity index (χ1n) is 11.1. The maximum atomic E-state index is 12.7. The van der Waals surface area contributed by atoms with Crippen LogP contribution in [0.1, 0.15) is 26.3 Å². The Bertz CT molecular complexity index is 1110. The first kappa shape index (κ1) is 22.5. The van der Waals surface area contributed by atoms with Gasteiger partial charge in [-0.2, -0.15) is 0 Å². The Kier molecular flexibility index (Phi) is 7.00. The van der Waals surface area contributed by atoms with Gasteiger partial charge in [-0.15, -0.1) is 0 Å². The second kappa shape index (κ2) is 10.3. The van der Waals surface area contributed by atoms with Crippen molar-refractivity contribution < 1.29 is 14.7 Å². The van der Waals surface area contributed by atoms with E-state index in [1.54, 1.807) is 30.6 Å². The summed E-state index contributed by atoms with van der Waals surface area (Å²) >= 11 is 0. The van der Waals surface area contributed by atoms with Crippen molar-refractivity contribution in [2.45, 2.75) is 6.42 Å². The molecule has 1 saturated heterocycles. The topological polar surface area (TPSA) is 85.8 Å². The van der Waals surface area contributed by atoms with E-state index in [-0.39, 0.29) is 17.6 Å². The number of piperazine rings is 1. The smallest absolute Gasteiger partial charge is 0.253 e. The predicted octanol–water partition coefficient (Wildman–Crippen LogP) is 2.81. The first-order valence-corrected chi connectivity index (χ1v) is 11.1. The number of carbonyl (C=O) groups excluding carboxylic acids is 2. The highest BCUT2D eigenvalue weighted by Crippen LogP contribution is 2.21. The summed E-state index contributed by atoms with van der Waals surface area (Å²) in [6.45, 7) is 3.74. The lowest BCUT2D eigenvalue weighted by atomic mass is 10.0. The largest absolute Gasteiger partial charge is 0.508 e. The highest BCUT2D eigenvalue weighted by Gasteiger charge is 2.20. The normalized spacial score (nSPS) is 14.2. The van der Waals surface area contributed by atoms with E-state index in [0.29, 0.717) is 24.1 Å². The number of phenolic OH excluding ortho intramolecular Hbond substituents is 1. The minimum atomic E-state index is -0.190. The quantitative estimate of drug-likeness (QED) is 0.611. The highest BCUT2D eigenvalue weighted by molar-refractivity contribution is 5.96. The molecule has 3 aromatic rings. The van der Waals surface area contributed by atoms with E-state index in [0.717, 1.165) is 42.9 Å². The molecule has 4 rings (SSSR count).